The van der Waals surface area contributed by atoms with Crippen LogP contribution in [-0.4, -0.2) is 35.3 Å². The molecule has 1 atom stereocenters. The Kier molecular flexibility index (Phi) is 5.30. The first-order valence-corrected chi connectivity index (χ1v) is 9.14. The molecule has 0 saturated heterocycles. The quantitative estimate of drug-likeness (QED) is 0.590. The first-order chi connectivity index (χ1) is 11.6. The van der Waals surface area contributed by atoms with Gasteiger partial charge in [-0.05, 0) is 37.7 Å². The topological polar surface area (TPSA) is 70.4 Å². The van der Waals surface area contributed by atoms with E-state index in [0.29, 0.717) is 24.5 Å². The van der Waals surface area contributed by atoms with Crippen molar-refractivity contribution in [3.05, 3.63) is 27.1 Å². The molecule has 0 radical (unpaired) electrons. The van der Waals surface area contributed by atoms with E-state index in [9.17, 15) is 9.59 Å². The molecular weight excluding hydrogens is 328 g/mol. The van der Waals surface area contributed by atoms with E-state index in [4.69, 9.17) is 9.47 Å². The van der Waals surface area contributed by atoms with Crippen molar-refractivity contribution in [1.82, 2.24) is 9.55 Å². The lowest BCUT2D eigenvalue weighted by Crippen LogP contribution is -2.26. The zero-order valence-electron chi connectivity index (χ0n) is 14.0. The van der Waals surface area contributed by atoms with Crippen LogP contribution in [0.5, 0.6) is 0 Å². The molecule has 2 heterocycles. The highest BCUT2D eigenvalue weighted by atomic mass is 32.1. The fourth-order valence-corrected chi connectivity index (χ4v) is 4.36. The van der Waals surface area contributed by atoms with Crippen molar-refractivity contribution in [3.8, 4) is 0 Å². The van der Waals surface area contributed by atoms with Crippen LogP contribution in [0.2, 0.25) is 0 Å². The van der Waals surface area contributed by atoms with E-state index in [0.717, 1.165) is 29.7 Å². The standard InChI is InChI=1S/C17H22N2O4S/c1-3-22-6-7-23-14(20)9-19-10-18-16-15(17(19)21)12-5-4-11(2)8-13(12)24-16/h10-11H,3-9H2,1-2H3/t11-/m0/s1. The van der Waals surface area contributed by atoms with Gasteiger partial charge >= 0.3 is 5.97 Å². The maximum atomic E-state index is 12.8. The number of esters is 1. The lowest BCUT2D eigenvalue weighted by Gasteiger charge is -2.17. The number of carbonyl (C=O) groups is 1. The van der Waals surface area contributed by atoms with E-state index < -0.39 is 5.97 Å². The Morgan fingerprint density at radius 1 is 1.46 bits per heavy atom. The second-order valence-electron chi connectivity index (χ2n) is 6.13. The van der Waals surface area contributed by atoms with Gasteiger partial charge in [-0.1, -0.05) is 6.92 Å². The van der Waals surface area contributed by atoms with Crippen molar-refractivity contribution in [1.29, 1.82) is 0 Å². The molecule has 0 bridgehead atoms. The van der Waals surface area contributed by atoms with Crippen LogP contribution >= 0.6 is 11.3 Å². The number of hydrogen-bond donors (Lipinski definition) is 0. The number of carbonyl (C=O) groups excluding carboxylic acids is 1. The summed E-state index contributed by atoms with van der Waals surface area (Å²) in [5.41, 5.74) is 0.985. The summed E-state index contributed by atoms with van der Waals surface area (Å²) in [5.74, 6) is 0.198. The van der Waals surface area contributed by atoms with Crippen LogP contribution in [0.1, 0.15) is 30.7 Å². The highest BCUT2D eigenvalue weighted by Gasteiger charge is 2.23. The molecule has 0 spiro atoms. The highest BCUT2D eigenvalue weighted by molar-refractivity contribution is 7.18. The van der Waals surface area contributed by atoms with Crippen LogP contribution in [-0.2, 0) is 33.7 Å². The van der Waals surface area contributed by atoms with Crippen LogP contribution in [0.25, 0.3) is 10.2 Å². The summed E-state index contributed by atoms with van der Waals surface area (Å²) in [6.07, 6.45) is 4.46. The second kappa shape index (κ2) is 7.44. The van der Waals surface area contributed by atoms with Gasteiger partial charge < -0.3 is 9.47 Å². The third-order valence-electron chi connectivity index (χ3n) is 4.28. The largest absolute Gasteiger partial charge is 0.462 e. The lowest BCUT2D eigenvalue weighted by atomic mass is 9.89. The molecule has 0 unspecified atom stereocenters. The second-order valence-corrected chi connectivity index (χ2v) is 7.21. The molecule has 0 saturated carbocycles. The molecular formula is C17H22N2O4S. The van der Waals surface area contributed by atoms with Crippen molar-refractivity contribution < 1.29 is 14.3 Å². The van der Waals surface area contributed by atoms with Gasteiger partial charge in [0, 0.05) is 11.5 Å². The van der Waals surface area contributed by atoms with Crippen molar-refractivity contribution in [2.75, 3.05) is 19.8 Å². The molecule has 1 aliphatic rings. The molecule has 2 aromatic rings. The summed E-state index contributed by atoms with van der Waals surface area (Å²) in [4.78, 5) is 31.1. The molecule has 0 aliphatic heterocycles. The predicted octanol–water partition coefficient (Wildman–Crippen LogP) is 2.16. The summed E-state index contributed by atoms with van der Waals surface area (Å²) in [6.45, 7) is 5.14. The third-order valence-corrected chi connectivity index (χ3v) is 5.44. The van der Waals surface area contributed by atoms with Crippen LogP contribution in [0, 0.1) is 5.92 Å². The summed E-state index contributed by atoms with van der Waals surface area (Å²) in [5, 5.41) is 0.687. The third kappa shape index (κ3) is 3.52. The molecule has 0 amide bonds. The Morgan fingerprint density at radius 3 is 3.08 bits per heavy atom. The van der Waals surface area contributed by atoms with Crippen molar-refractivity contribution in [2.24, 2.45) is 5.92 Å². The number of hydrogen-bond acceptors (Lipinski definition) is 6. The number of thiophene rings is 1. The molecule has 1 aliphatic carbocycles. The fraction of sp³-hybridized carbons (Fsp3) is 0.588. The molecule has 130 valence electrons. The molecule has 6 nitrogen and oxygen atoms in total. The number of ether oxygens (including phenoxy) is 2. The average molecular weight is 350 g/mol. The zero-order valence-corrected chi connectivity index (χ0v) is 14.9. The summed E-state index contributed by atoms with van der Waals surface area (Å²) >= 11 is 1.61. The van der Waals surface area contributed by atoms with Gasteiger partial charge in [0.15, 0.2) is 0 Å². The van der Waals surface area contributed by atoms with Gasteiger partial charge in [-0.25, -0.2) is 4.98 Å². The Morgan fingerprint density at radius 2 is 2.29 bits per heavy atom. The number of fused-ring (bicyclic) bond motifs is 3. The number of nitrogens with zero attached hydrogens (tertiary/aromatic N) is 2. The van der Waals surface area contributed by atoms with Crippen molar-refractivity contribution in [2.45, 2.75) is 39.7 Å². The van der Waals surface area contributed by atoms with Crippen LogP contribution in [0.3, 0.4) is 0 Å². The minimum absolute atomic E-state index is 0.116. The van der Waals surface area contributed by atoms with Gasteiger partial charge in [0.2, 0.25) is 0 Å². The molecule has 0 N–H and O–H groups in total. The summed E-state index contributed by atoms with van der Waals surface area (Å²) < 4.78 is 11.5. The van der Waals surface area contributed by atoms with E-state index in [1.54, 1.807) is 11.3 Å². The monoisotopic (exact) mass is 350 g/mol. The Bertz CT molecular complexity index is 796. The van der Waals surface area contributed by atoms with E-state index in [-0.39, 0.29) is 18.7 Å². The van der Waals surface area contributed by atoms with Gasteiger partial charge in [0.05, 0.1) is 18.3 Å². The SMILES string of the molecule is CCOCCOC(=O)Cn1cnc2sc3c(c2c1=O)CC[C@H](C)C3. The minimum atomic E-state index is -0.448. The number of aryl methyl sites for hydroxylation is 1. The molecule has 0 fully saturated rings. The van der Waals surface area contributed by atoms with Gasteiger partial charge in [0.25, 0.3) is 5.56 Å². The van der Waals surface area contributed by atoms with Gasteiger partial charge in [-0.2, -0.15) is 0 Å². The predicted molar refractivity (Wildman–Crippen MR) is 92.5 cm³/mol. The van der Waals surface area contributed by atoms with Crippen molar-refractivity contribution in [3.63, 3.8) is 0 Å². The average Bonchev–Trinajstić information content (AvgIpc) is 2.92. The zero-order chi connectivity index (χ0) is 17.1. The first-order valence-electron chi connectivity index (χ1n) is 8.33. The molecule has 24 heavy (non-hydrogen) atoms. The summed E-state index contributed by atoms with van der Waals surface area (Å²) in [6, 6.07) is 0. The lowest BCUT2D eigenvalue weighted by molar-refractivity contribution is -0.145. The van der Waals surface area contributed by atoms with Crippen molar-refractivity contribution >= 4 is 27.5 Å². The minimum Gasteiger partial charge on any atom is -0.462 e. The maximum Gasteiger partial charge on any atom is 0.326 e. The Labute approximate surface area is 144 Å². The van der Waals surface area contributed by atoms with Crippen LogP contribution in [0.4, 0.5) is 0 Å². The molecule has 7 heteroatoms. The number of aromatic nitrogens is 2. The molecule has 0 aromatic carbocycles. The Balaban J connectivity index is 1.79. The van der Waals surface area contributed by atoms with E-state index in [1.165, 1.54) is 15.8 Å². The van der Waals surface area contributed by atoms with Gasteiger partial charge in [0.1, 0.15) is 18.0 Å². The van der Waals surface area contributed by atoms with E-state index in [1.807, 2.05) is 6.92 Å². The normalized spacial score (nSPS) is 17.0. The maximum absolute atomic E-state index is 12.8. The van der Waals surface area contributed by atoms with E-state index in [2.05, 4.69) is 11.9 Å². The number of rotatable bonds is 6. The highest BCUT2D eigenvalue weighted by Crippen LogP contribution is 2.35. The molecule has 2 aromatic heterocycles. The Hall–Kier alpha value is -1.73. The van der Waals surface area contributed by atoms with Gasteiger partial charge in [-0.3, -0.25) is 14.2 Å². The smallest absolute Gasteiger partial charge is 0.326 e. The van der Waals surface area contributed by atoms with Crippen LogP contribution < -0.4 is 5.56 Å². The van der Waals surface area contributed by atoms with E-state index >= 15 is 0 Å². The molecule has 3 rings (SSSR count). The fourth-order valence-electron chi connectivity index (χ4n) is 3.02. The summed E-state index contributed by atoms with van der Waals surface area (Å²) in [7, 11) is 0. The first kappa shape index (κ1) is 17.1. The van der Waals surface area contributed by atoms with Crippen LogP contribution in [0.15, 0.2) is 11.1 Å². The van der Waals surface area contributed by atoms with Gasteiger partial charge in [-0.15, -0.1) is 11.3 Å².